The van der Waals surface area contributed by atoms with Gasteiger partial charge in [-0.2, -0.15) is 0 Å². The lowest BCUT2D eigenvalue weighted by molar-refractivity contribution is -0.276. The van der Waals surface area contributed by atoms with Crippen LogP contribution in [0.3, 0.4) is 0 Å². The zero-order valence-electron chi connectivity index (χ0n) is 21.7. The Labute approximate surface area is 220 Å². The van der Waals surface area contributed by atoms with Crippen LogP contribution >= 0.6 is 0 Å². The number of unbranched alkanes of at least 4 members (excludes halogenated alkanes) is 3. The van der Waals surface area contributed by atoms with Gasteiger partial charge in [0, 0.05) is 10.9 Å². The van der Waals surface area contributed by atoms with E-state index in [2.05, 4.69) is 11.7 Å². The third-order valence-corrected chi connectivity index (χ3v) is 7.82. The van der Waals surface area contributed by atoms with Gasteiger partial charge in [0.15, 0.2) is 11.6 Å². The first-order valence-electron chi connectivity index (χ1n) is 13.6. The Morgan fingerprint density at radius 1 is 0.789 bits per heavy atom. The van der Waals surface area contributed by atoms with Crippen molar-refractivity contribution in [3.8, 4) is 16.9 Å². The number of benzene rings is 3. The molecule has 0 aromatic heterocycles. The summed E-state index contributed by atoms with van der Waals surface area (Å²) in [5.41, 5.74) is 0.795. The first-order chi connectivity index (χ1) is 18.1. The Hall–Kier alpha value is -2.70. The second-order valence-corrected chi connectivity index (χ2v) is 10.6. The quantitative estimate of drug-likeness (QED) is 0.185. The summed E-state index contributed by atoms with van der Waals surface area (Å²) in [5, 5.41) is 0.948. The largest absolute Gasteiger partial charge is 0.573 e. The van der Waals surface area contributed by atoms with Crippen molar-refractivity contribution in [2.75, 3.05) is 0 Å². The Balaban J connectivity index is 1.40. The Morgan fingerprint density at radius 2 is 1.45 bits per heavy atom. The summed E-state index contributed by atoms with van der Waals surface area (Å²) in [7, 11) is 0. The maximum Gasteiger partial charge on any atom is 0.573 e. The van der Waals surface area contributed by atoms with Crippen LogP contribution in [-0.2, 0) is 6.42 Å². The van der Waals surface area contributed by atoms with Gasteiger partial charge in [-0.25, -0.2) is 13.2 Å². The fraction of sp³-hybridized carbons (Fsp3) is 0.484. The molecule has 206 valence electrons. The van der Waals surface area contributed by atoms with E-state index in [1.807, 2.05) is 12.1 Å². The molecule has 0 heterocycles. The molecule has 0 saturated heterocycles. The van der Waals surface area contributed by atoms with E-state index in [-0.39, 0.29) is 16.5 Å². The predicted molar refractivity (Wildman–Crippen MR) is 138 cm³/mol. The van der Waals surface area contributed by atoms with Crippen molar-refractivity contribution in [3.63, 3.8) is 0 Å². The molecule has 4 rings (SSSR count). The number of ether oxygens (including phenoxy) is 1. The molecule has 3 aromatic carbocycles. The molecule has 1 fully saturated rings. The molecule has 0 bridgehead atoms. The third kappa shape index (κ3) is 7.23. The van der Waals surface area contributed by atoms with Gasteiger partial charge in [-0.15, -0.1) is 13.2 Å². The molecule has 0 aliphatic heterocycles. The van der Waals surface area contributed by atoms with Crippen molar-refractivity contribution in [3.05, 3.63) is 65.5 Å². The van der Waals surface area contributed by atoms with E-state index in [0.717, 1.165) is 24.3 Å². The van der Waals surface area contributed by atoms with Crippen LogP contribution in [0.1, 0.15) is 76.7 Å². The summed E-state index contributed by atoms with van der Waals surface area (Å²) in [6, 6.07) is 9.80. The highest BCUT2D eigenvalue weighted by Gasteiger charge is 2.34. The highest BCUT2D eigenvalue weighted by Crippen LogP contribution is 2.37. The summed E-state index contributed by atoms with van der Waals surface area (Å²) in [4.78, 5) is 0. The minimum absolute atomic E-state index is 0.104. The van der Waals surface area contributed by atoms with Crippen LogP contribution in [0, 0.1) is 29.3 Å². The number of aryl methyl sites for hydroxylation is 1. The molecule has 0 spiro atoms. The van der Waals surface area contributed by atoms with Crippen LogP contribution in [-0.4, -0.2) is 6.36 Å². The molecule has 1 nitrogen and oxygen atoms in total. The van der Waals surface area contributed by atoms with Crippen molar-refractivity contribution in [1.29, 1.82) is 0 Å². The highest BCUT2D eigenvalue weighted by atomic mass is 19.4. The number of halogens is 6. The zero-order valence-corrected chi connectivity index (χ0v) is 21.7. The Bertz CT molecular complexity index is 1200. The van der Waals surface area contributed by atoms with Crippen LogP contribution in [0.2, 0.25) is 0 Å². The molecule has 38 heavy (non-hydrogen) atoms. The molecular formula is C31H34F6O. The van der Waals surface area contributed by atoms with Gasteiger partial charge >= 0.3 is 6.36 Å². The maximum absolute atomic E-state index is 15.3. The van der Waals surface area contributed by atoms with Crippen molar-refractivity contribution < 1.29 is 31.1 Å². The van der Waals surface area contributed by atoms with E-state index in [9.17, 15) is 22.0 Å². The van der Waals surface area contributed by atoms with Crippen molar-refractivity contribution >= 4 is 10.8 Å². The maximum atomic E-state index is 15.3. The van der Waals surface area contributed by atoms with Gasteiger partial charge in [-0.05, 0) is 53.3 Å². The number of hydrogen-bond acceptors (Lipinski definition) is 1. The molecule has 3 aromatic rings. The zero-order chi connectivity index (χ0) is 27.3. The number of hydrogen-bond donors (Lipinski definition) is 0. The molecule has 0 amide bonds. The second-order valence-electron chi connectivity index (χ2n) is 10.6. The lowest BCUT2D eigenvalue weighted by atomic mass is 9.77. The normalized spacial score (nSPS) is 18.2. The molecule has 0 N–H and O–H groups in total. The molecular weight excluding hydrogens is 502 g/mol. The van der Waals surface area contributed by atoms with E-state index in [4.69, 9.17) is 0 Å². The molecule has 1 aliphatic rings. The average molecular weight is 537 g/mol. The number of rotatable bonds is 10. The number of alkyl halides is 3. The van der Waals surface area contributed by atoms with E-state index < -0.39 is 29.6 Å². The second kappa shape index (κ2) is 12.4. The van der Waals surface area contributed by atoms with Gasteiger partial charge < -0.3 is 4.74 Å². The van der Waals surface area contributed by atoms with Gasteiger partial charge in [0.1, 0.15) is 5.82 Å². The van der Waals surface area contributed by atoms with E-state index in [0.29, 0.717) is 23.4 Å². The lowest BCUT2D eigenvalue weighted by Crippen LogP contribution is -2.19. The van der Waals surface area contributed by atoms with Crippen LogP contribution in [0.15, 0.2) is 42.5 Å². The Kier molecular flexibility index (Phi) is 9.27. The summed E-state index contributed by atoms with van der Waals surface area (Å²) in [6.45, 7) is 2.24. The molecule has 0 unspecified atom stereocenters. The van der Waals surface area contributed by atoms with Crippen molar-refractivity contribution in [1.82, 2.24) is 0 Å². The van der Waals surface area contributed by atoms with Crippen molar-refractivity contribution in [2.24, 2.45) is 11.8 Å². The van der Waals surface area contributed by atoms with Gasteiger partial charge in [0.05, 0.1) is 0 Å². The van der Waals surface area contributed by atoms with Crippen molar-refractivity contribution in [2.45, 2.75) is 83.9 Å². The lowest BCUT2D eigenvalue weighted by Gasteiger charge is -2.28. The van der Waals surface area contributed by atoms with Gasteiger partial charge in [-0.1, -0.05) is 95.0 Å². The van der Waals surface area contributed by atoms with E-state index in [1.165, 1.54) is 63.9 Å². The average Bonchev–Trinajstić information content (AvgIpc) is 2.88. The first-order valence-corrected chi connectivity index (χ1v) is 13.6. The fourth-order valence-corrected chi connectivity index (χ4v) is 5.69. The molecule has 0 atom stereocenters. The standard InChI is InChI=1S/C31H34F6O/c1-2-3-4-5-6-20-7-9-21(10-8-20)11-12-22-13-15-25-23(17-22)14-16-26(29(25)34)24-18-27(32)30(28(33)19-24)38-31(35,36)37/h13-21H,2-12H2,1H3. The number of fused-ring (bicyclic) bond motifs is 1. The minimum Gasteiger partial charge on any atom is -0.399 e. The van der Waals surface area contributed by atoms with Crippen LogP contribution in [0.4, 0.5) is 26.3 Å². The van der Waals surface area contributed by atoms with Crippen LogP contribution < -0.4 is 4.74 Å². The molecule has 1 saturated carbocycles. The molecule has 1 aliphatic carbocycles. The van der Waals surface area contributed by atoms with E-state index >= 15 is 4.39 Å². The summed E-state index contributed by atoms with van der Waals surface area (Å²) < 4.78 is 84.3. The predicted octanol–water partition coefficient (Wildman–Crippen LogP) is 10.5. The smallest absolute Gasteiger partial charge is 0.399 e. The molecule has 7 heteroatoms. The van der Waals surface area contributed by atoms with Crippen LogP contribution in [0.5, 0.6) is 5.75 Å². The minimum atomic E-state index is -5.25. The van der Waals surface area contributed by atoms with Crippen LogP contribution in [0.25, 0.3) is 21.9 Å². The highest BCUT2D eigenvalue weighted by molar-refractivity contribution is 5.88. The summed E-state index contributed by atoms with van der Waals surface area (Å²) in [5.74, 6) is -3.78. The Morgan fingerprint density at radius 3 is 2.08 bits per heavy atom. The van der Waals surface area contributed by atoms with E-state index in [1.54, 1.807) is 12.1 Å². The fourth-order valence-electron chi connectivity index (χ4n) is 5.69. The van der Waals surface area contributed by atoms with Gasteiger partial charge in [0.25, 0.3) is 0 Å². The topological polar surface area (TPSA) is 9.23 Å². The molecule has 0 radical (unpaired) electrons. The third-order valence-electron chi connectivity index (χ3n) is 7.82. The monoisotopic (exact) mass is 536 g/mol. The SMILES string of the molecule is CCCCCCC1CCC(CCc2ccc3c(F)c(-c4cc(F)c(OC(F)(F)F)c(F)c4)ccc3c2)CC1. The van der Waals surface area contributed by atoms with Gasteiger partial charge in [0.2, 0.25) is 5.75 Å². The summed E-state index contributed by atoms with van der Waals surface area (Å²) >= 11 is 0. The van der Waals surface area contributed by atoms with Gasteiger partial charge in [-0.3, -0.25) is 0 Å². The first kappa shape index (κ1) is 28.3. The summed E-state index contributed by atoms with van der Waals surface area (Å²) in [6.07, 6.45) is 8.57.